The topological polar surface area (TPSA) is 58.2 Å². The van der Waals surface area contributed by atoms with Crippen LogP contribution < -0.4 is 10.6 Å². The zero-order valence-corrected chi connectivity index (χ0v) is 13.3. The second kappa shape index (κ2) is 8.73. The number of carbonyl (C=O) groups excluding carboxylic acids is 2. The second-order valence-electron chi connectivity index (χ2n) is 5.44. The summed E-state index contributed by atoms with van der Waals surface area (Å²) in [5.41, 5.74) is 2.44. The first-order chi connectivity index (χ1) is 11.2. The van der Waals surface area contributed by atoms with Gasteiger partial charge in [0.2, 0.25) is 11.8 Å². The molecule has 0 spiro atoms. The molecule has 2 amide bonds. The van der Waals surface area contributed by atoms with Crippen LogP contribution in [-0.4, -0.2) is 11.8 Å². The van der Waals surface area contributed by atoms with Crippen molar-refractivity contribution in [2.75, 3.05) is 10.6 Å². The lowest BCUT2D eigenvalue weighted by molar-refractivity contribution is -0.116. The summed E-state index contributed by atoms with van der Waals surface area (Å²) < 4.78 is 0. The minimum Gasteiger partial charge on any atom is -0.326 e. The van der Waals surface area contributed by atoms with Gasteiger partial charge in [-0.25, -0.2) is 0 Å². The van der Waals surface area contributed by atoms with Crippen LogP contribution >= 0.6 is 0 Å². The first-order valence-corrected chi connectivity index (χ1v) is 7.91. The fraction of sp³-hybridized carbons (Fsp3) is 0.263. The van der Waals surface area contributed by atoms with Gasteiger partial charge in [0.25, 0.3) is 0 Å². The SMILES string of the molecule is CCCCC(=O)Nc1ccc(NC(=O)Cc2ccccc2)cc1. The van der Waals surface area contributed by atoms with Gasteiger partial charge >= 0.3 is 0 Å². The number of nitrogens with one attached hydrogen (secondary N) is 2. The molecule has 4 nitrogen and oxygen atoms in total. The van der Waals surface area contributed by atoms with Gasteiger partial charge in [-0.3, -0.25) is 9.59 Å². The van der Waals surface area contributed by atoms with E-state index in [1.165, 1.54) is 0 Å². The number of unbranched alkanes of at least 4 members (excludes halogenated alkanes) is 1. The third-order valence-electron chi connectivity index (χ3n) is 3.42. The minimum atomic E-state index is -0.0593. The molecule has 0 atom stereocenters. The molecule has 0 bridgehead atoms. The molecule has 2 aromatic rings. The maximum absolute atomic E-state index is 12.0. The molecule has 23 heavy (non-hydrogen) atoms. The van der Waals surface area contributed by atoms with Gasteiger partial charge < -0.3 is 10.6 Å². The zero-order chi connectivity index (χ0) is 16.5. The van der Waals surface area contributed by atoms with Crippen molar-refractivity contribution in [3.05, 3.63) is 60.2 Å². The highest BCUT2D eigenvalue weighted by atomic mass is 16.2. The summed E-state index contributed by atoms with van der Waals surface area (Å²) in [5, 5.41) is 5.70. The van der Waals surface area contributed by atoms with Crippen LogP contribution in [0.3, 0.4) is 0 Å². The van der Waals surface area contributed by atoms with Crippen LogP contribution in [0.25, 0.3) is 0 Å². The van der Waals surface area contributed by atoms with Crippen molar-refractivity contribution in [3.8, 4) is 0 Å². The maximum atomic E-state index is 12.0. The van der Waals surface area contributed by atoms with Crippen molar-refractivity contribution < 1.29 is 9.59 Å². The first-order valence-electron chi connectivity index (χ1n) is 7.91. The third-order valence-corrected chi connectivity index (χ3v) is 3.42. The van der Waals surface area contributed by atoms with E-state index in [2.05, 4.69) is 17.6 Å². The number of hydrogen-bond acceptors (Lipinski definition) is 2. The van der Waals surface area contributed by atoms with Crippen LogP contribution in [0.4, 0.5) is 11.4 Å². The van der Waals surface area contributed by atoms with Crippen molar-refractivity contribution in [1.82, 2.24) is 0 Å². The molecule has 0 aliphatic heterocycles. The van der Waals surface area contributed by atoms with E-state index in [-0.39, 0.29) is 11.8 Å². The smallest absolute Gasteiger partial charge is 0.228 e. The van der Waals surface area contributed by atoms with Crippen molar-refractivity contribution in [2.24, 2.45) is 0 Å². The Balaban J connectivity index is 1.84. The first kappa shape index (κ1) is 16.7. The lowest BCUT2D eigenvalue weighted by atomic mass is 10.1. The van der Waals surface area contributed by atoms with E-state index in [4.69, 9.17) is 0 Å². The average molecular weight is 310 g/mol. The molecule has 2 rings (SSSR count). The van der Waals surface area contributed by atoms with Gasteiger partial charge in [-0.15, -0.1) is 0 Å². The van der Waals surface area contributed by atoms with Gasteiger partial charge in [0.1, 0.15) is 0 Å². The number of hydrogen-bond donors (Lipinski definition) is 2. The molecule has 0 aliphatic carbocycles. The van der Waals surface area contributed by atoms with E-state index in [9.17, 15) is 9.59 Å². The van der Waals surface area contributed by atoms with Crippen LogP contribution in [0.2, 0.25) is 0 Å². The van der Waals surface area contributed by atoms with E-state index in [0.717, 1.165) is 29.8 Å². The van der Waals surface area contributed by atoms with Gasteiger partial charge in [-0.2, -0.15) is 0 Å². The summed E-state index contributed by atoms with van der Waals surface area (Å²) >= 11 is 0. The summed E-state index contributed by atoms with van der Waals surface area (Å²) in [6.07, 6.45) is 2.77. The summed E-state index contributed by atoms with van der Waals surface area (Å²) in [7, 11) is 0. The Bertz CT molecular complexity index is 636. The number of anilines is 2. The second-order valence-corrected chi connectivity index (χ2v) is 5.44. The Morgan fingerprint density at radius 1 is 0.826 bits per heavy atom. The number of rotatable bonds is 7. The number of benzene rings is 2. The van der Waals surface area contributed by atoms with E-state index in [1.807, 2.05) is 30.3 Å². The average Bonchev–Trinajstić information content (AvgIpc) is 2.55. The Labute approximate surface area is 136 Å². The molecule has 2 aromatic carbocycles. The number of carbonyl (C=O) groups is 2. The molecule has 0 saturated carbocycles. The molecule has 120 valence electrons. The van der Waals surface area contributed by atoms with Crippen molar-refractivity contribution >= 4 is 23.2 Å². The standard InChI is InChI=1S/C19H22N2O2/c1-2-3-9-18(22)20-16-10-12-17(13-11-16)21-19(23)14-15-7-5-4-6-8-15/h4-8,10-13H,2-3,9,14H2,1H3,(H,20,22)(H,21,23). The Morgan fingerprint density at radius 2 is 1.39 bits per heavy atom. The van der Waals surface area contributed by atoms with E-state index in [0.29, 0.717) is 12.8 Å². The molecule has 2 N–H and O–H groups in total. The summed E-state index contributed by atoms with van der Waals surface area (Å²) in [4.78, 5) is 23.6. The highest BCUT2D eigenvalue weighted by molar-refractivity contribution is 5.93. The predicted octanol–water partition coefficient (Wildman–Crippen LogP) is 4.00. The Morgan fingerprint density at radius 3 is 1.96 bits per heavy atom. The molecule has 0 fully saturated rings. The summed E-state index contributed by atoms with van der Waals surface area (Å²) in [6.45, 7) is 2.06. The van der Waals surface area contributed by atoms with E-state index in [1.54, 1.807) is 24.3 Å². The molecule has 0 radical (unpaired) electrons. The largest absolute Gasteiger partial charge is 0.326 e. The highest BCUT2D eigenvalue weighted by Gasteiger charge is 2.05. The van der Waals surface area contributed by atoms with Crippen LogP contribution in [0.15, 0.2) is 54.6 Å². The molecule has 0 unspecified atom stereocenters. The minimum absolute atomic E-state index is 0.0210. The molecule has 0 aromatic heterocycles. The van der Waals surface area contributed by atoms with Gasteiger partial charge in [0.15, 0.2) is 0 Å². The lowest BCUT2D eigenvalue weighted by Gasteiger charge is -2.08. The fourth-order valence-corrected chi connectivity index (χ4v) is 2.18. The van der Waals surface area contributed by atoms with Crippen molar-refractivity contribution in [1.29, 1.82) is 0 Å². The molecular weight excluding hydrogens is 288 g/mol. The van der Waals surface area contributed by atoms with Crippen LogP contribution in [0.1, 0.15) is 31.7 Å². The Kier molecular flexibility index (Phi) is 6.36. The van der Waals surface area contributed by atoms with Crippen LogP contribution in [0.5, 0.6) is 0 Å². The summed E-state index contributed by atoms with van der Waals surface area (Å²) in [6, 6.07) is 16.8. The maximum Gasteiger partial charge on any atom is 0.228 e. The molecular formula is C19H22N2O2. The van der Waals surface area contributed by atoms with Gasteiger partial charge in [0, 0.05) is 17.8 Å². The van der Waals surface area contributed by atoms with Gasteiger partial charge in [-0.1, -0.05) is 43.7 Å². The fourth-order valence-electron chi connectivity index (χ4n) is 2.18. The summed E-state index contributed by atoms with van der Waals surface area (Å²) in [5.74, 6) is -0.0383. The monoisotopic (exact) mass is 310 g/mol. The van der Waals surface area contributed by atoms with E-state index < -0.39 is 0 Å². The molecule has 0 heterocycles. The normalized spacial score (nSPS) is 10.1. The lowest BCUT2D eigenvalue weighted by Crippen LogP contribution is -2.14. The quantitative estimate of drug-likeness (QED) is 0.812. The highest BCUT2D eigenvalue weighted by Crippen LogP contribution is 2.14. The van der Waals surface area contributed by atoms with Crippen LogP contribution in [-0.2, 0) is 16.0 Å². The zero-order valence-electron chi connectivity index (χ0n) is 13.3. The molecule has 0 aliphatic rings. The van der Waals surface area contributed by atoms with Gasteiger partial charge in [-0.05, 0) is 36.2 Å². The predicted molar refractivity (Wildman–Crippen MR) is 93.4 cm³/mol. The Hall–Kier alpha value is -2.62. The molecule has 0 saturated heterocycles. The van der Waals surface area contributed by atoms with Gasteiger partial charge in [0.05, 0.1) is 6.42 Å². The van der Waals surface area contributed by atoms with Crippen LogP contribution in [0, 0.1) is 0 Å². The van der Waals surface area contributed by atoms with Crippen molar-refractivity contribution in [2.45, 2.75) is 32.6 Å². The molecule has 4 heteroatoms. The number of amides is 2. The third kappa shape index (κ3) is 5.94. The van der Waals surface area contributed by atoms with E-state index >= 15 is 0 Å². The van der Waals surface area contributed by atoms with Crippen molar-refractivity contribution in [3.63, 3.8) is 0 Å².